The Labute approximate surface area is 176 Å². The first kappa shape index (κ1) is 20.7. The number of carbonyl (C=O) groups is 4. The molecule has 7 nitrogen and oxygen atoms in total. The van der Waals surface area contributed by atoms with E-state index in [1.54, 1.807) is 24.3 Å². The number of carbonyl (C=O) groups excluding carboxylic acids is 4. The molecule has 3 rings (SSSR count). The molecule has 8 heteroatoms. The van der Waals surface area contributed by atoms with Crippen LogP contribution in [0, 0.1) is 13.8 Å². The number of nitrogens with one attached hydrogen (secondary N) is 1. The summed E-state index contributed by atoms with van der Waals surface area (Å²) in [7, 11) is 0. The summed E-state index contributed by atoms with van der Waals surface area (Å²) in [5.74, 6) is -2.02. The van der Waals surface area contributed by atoms with Gasteiger partial charge in [0, 0.05) is 11.0 Å². The third-order valence-electron chi connectivity index (χ3n) is 4.43. The summed E-state index contributed by atoms with van der Waals surface area (Å²) in [6.07, 6.45) is -0.189. The van der Waals surface area contributed by atoms with Crippen molar-refractivity contribution in [1.82, 2.24) is 4.90 Å². The van der Waals surface area contributed by atoms with E-state index in [-0.39, 0.29) is 13.0 Å². The van der Waals surface area contributed by atoms with Gasteiger partial charge in [0.25, 0.3) is 17.7 Å². The third kappa shape index (κ3) is 4.71. The maximum atomic E-state index is 12.4. The molecule has 1 aliphatic rings. The number of imide groups is 1. The average molecular weight is 459 g/mol. The molecular formula is C21H19BrN2O5. The number of esters is 1. The normalized spacial score (nSPS) is 12.7. The zero-order valence-corrected chi connectivity index (χ0v) is 17.5. The Morgan fingerprint density at radius 2 is 1.66 bits per heavy atom. The standard InChI is InChI=1S/C21H19BrN2O5/c1-12-3-5-14-15(9-12)21(28)24(20(14)27)8-7-19(26)29-11-18(25)23-17-6-4-13(2)10-16(17)22/h3-6,9-10H,7-8,11H2,1-2H3,(H,23,25). The van der Waals surface area contributed by atoms with Gasteiger partial charge in [-0.15, -0.1) is 0 Å². The summed E-state index contributed by atoms with van der Waals surface area (Å²) in [6, 6.07) is 10.5. The van der Waals surface area contributed by atoms with E-state index in [9.17, 15) is 19.2 Å². The Morgan fingerprint density at radius 3 is 2.38 bits per heavy atom. The van der Waals surface area contributed by atoms with Crippen LogP contribution < -0.4 is 5.32 Å². The molecule has 0 spiro atoms. The first-order valence-electron chi connectivity index (χ1n) is 8.94. The number of halogens is 1. The molecule has 29 heavy (non-hydrogen) atoms. The Hall–Kier alpha value is -3.00. The monoisotopic (exact) mass is 458 g/mol. The number of hydrogen-bond donors (Lipinski definition) is 1. The van der Waals surface area contributed by atoms with Crippen LogP contribution in [-0.4, -0.2) is 41.7 Å². The van der Waals surface area contributed by atoms with E-state index in [0.717, 1.165) is 20.5 Å². The molecule has 0 bridgehead atoms. The van der Waals surface area contributed by atoms with Gasteiger partial charge in [0.15, 0.2) is 6.61 Å². The summed E-state index contributed by atoms with van der Waals surface area (Å²) >= 11 is 3.35. The molecule has 1 aliphatic heterocycles. The van der Waals surface area contributed by atoms with Crippen LogP contribution in [0.1, 0.15) is 38.3 Å². The highest BCUT2D eigenvalue weighted by Gasteiger charge is 2.35. The van der Waals surface area contributed by atoms with Crippen LogP contribution in [0.2, 0.25) is 0 Å². The van der Waals surface area contributed by atoms with Crippen LogP contribution >= 0.6 is 15.9 Å². The fourth-order valence-corrected chi connectivity index (χ4v) is 3.53. The Morgan fingerprint density at radius 1 is 1.00 bits per heavy atom. The van der Waals surface area contributed by atoms with Crippen molar-refractivity contribution in [2.45, 2.75) is 20.3 Å². The van der Waals surface area contributed by atoms with Crippen molar-refractivity contribution in [1.29, 1.82) is 0 Å². The second-order valence-corrected chi connectivity index (χ2v) is 7.61. The van der Waals surface area contributed by atoms with E-state index in [2.05, 4.69) is 21.2 Å². The van der Waals surface area contributed by atoms with Gasteiger partial charge in [-0.05, 0) is 59.6 Å². The van der Waals surface area contributed by atoms with Gasteiger partial charge in [-0.3, -0.25) is 24.1 Å². The number of amides is 3. The first-order valence-corrected chi connectivity index (χ1v) is 9.74. The van der Waals surface area contributed by atoms with Crippen LogP contribution in [0.4, 0.5) is 5.69 Å². The van der Waals surface area contributed by atoms with Crippen molar-refractivity contribution < 1.29 is 23.9 Å². The van der Waals surface area contributed by atoms with E-state index in [1.807, 2.05) is 26.0 Å². The van der Waals surface area contributed by atoms with Crippen molar-refractivity contribution in [3.05, 3.63) is 63.1 Å². The number of rotatable bonds is 6. The first-order chi connectivity index (χ1) is 13.8. The van der Waals surface area contributed by atoms with Gasteiger partial charge in [0.2, 0.25) is 0 Å². The SMILES string of the molecule is Cc1ccc(NC(=O)COC(=O)CCN2C(=O)c3ccc(C)cc3C2=O)c(Br)c1. The van der Waals surface area contributed by atoms with Gasteiger partial charge in [-0.1, -0.05) is 17.7 Å². The number of ether oxygens (including phenoxy) is 1. The van der Waals surface area contributed by atoms with Gasteiger partial charge < -0.3 is 10.1 Å². The van der Waals surface area contributed by atoms with Gasteiger partial charge in [0.1, 0.15) is 0 Å². The number of fused-ring (bicyclic) bond motifs is 1. The zero-order chi connectivity index (χ0) is 21.1. The average Bonchev–Trinajstić information content (AvgIpc) is 2.90. The molecule has 0 fully saturated rings. The summed E-state index contributed by atoms with van der Waals surface area (Å²) < 4.78 is 5.67. The molecule has 0 aliphatic carbocycles. The number of nitrogens with zero attached hydrogens (tertiary/aromatic N) is 1. The van der Waals surface area contributed by atoms with Gasteiger partial charge >= 0.3 is 5.97 Å². The molecule has 0 atom stereocenters. The minimum absolute atomic E-state index is 0.102. The maximum Gasteiger partial charge on any atom is 0.308 e. The second kappa shape index (κ2) is 8.57. The van der Waals surface area contributed by atoms with Gasteiger partial charge in [0.05, 0.1) is 23.2 Å². The molecular weight excluding hydrogens is 440 g/mol. The fourth-order valence-electron chi connectivity index (χ4n) is 2.94. The summed E-state index contributed by atoms with van der Waals surface area (Å²) in [4.78, 5) is 49.7. The highest BCUT2D eigenvalue weighted by Crippen LogP contribution is 2.24. The van der Waals surface area contributed by atoms with Crippen LogP contribution in [0.15, 0.2) is 40.9 Å². The minimum Gasteiger partial charge on any atom is -0.456 e. The minimum atomic E-state index is -0.671. The highest BCUT2D eigenvalue weighted by molar-refractivity contribution is 9.10. The lowest BCUT2D eigenvalue weighted by molar-refractivity contribution is -0.147. The molecule has 150 valence electrons. The number of aryl methyl sites for hydroxylation is 2. The second-order valence-electron chi connectivity index (χ2n) is 6.75. The predicted octanol–water partition coefficient (Wildman–Crippen LogP) is 3.23. The molecule has 2 aromatic rings. The molecule has 1 heterocycles. The van der Waals surface area contributed by atoms with E-state index in [1.165, 1.54) is 0 Å². The van der Waals surface area contributed by atoms with Crippen LogP contribution in [0.25, 0.3) is 0 Å². The fraction of sp³-hybridized carbons (Fsp3) is 0.238. The maximum absolute atomic E-state index is 12.4. The Kier molecular flexibility index (Phi) is 6.12. The summed E-state index contributed by atoms with van der Waals surface area (Å²) in [5, 5.41) is 2.64. The molecule has 1 N–H and O–H groups in total. The molecule has 0 unspecified atom stereocenters. The number of benzene rings is 2. The van der Waals surface area contributed by atoms with Crippen LogP contribution in [0.3, 0.4) is 0 Å². The highest BCUT2D eigenvalue weighted by atomic mass is 79.9. The van der Waals surface area contributed by atoms with E-state index in [0.29, 0.717) is 16.8 Å². The van der Waals surface area contributed by atoms with Gasteiger partial charge in [-0.2, -0.15) is 0 Å². The quantitative estimate of drug-likeness (QED) is 0.529. The lowest BCUT2D eigenvalue weighted by Gasteiger charge is -2.13. The smallest absolute Gasteiger partial charge is 0.308 e. The molecule has 3 amide bonds. The van der Waals surface area contributed by atoms with Crippen LogP contribution in [0.5, 0.6) is 0 Å². The summed E-state index contributed by atoms with van der Waals surface area (Å²) in [5.41, 5.74) is 3.14. The lowest BCUT2D eigenvalue weighted by atomic mass is 10.1. The molecule has 0 radical (unpaired) electrons. The largest absolute Gasteiger partial charge is 0.456 e. The summed E-state index contributed by atoms with van der Waals surface area (Å²) in [6.45, 7) is 3.20. The number of anilines is 1. The van der Waals surface area contributed by atoms with E-state index in [4.69, 9.17) is 4.74 Å². The molecule has 2 aromatic carbocycles. The van der Waals surface area contributed by atoms with Crippen molar-refractivity contribution in [2.24, 2.45) is 0 Å². The van der Waals surface area contributed by atoms with Crippen LogP contribution in [-0.2, 0) is 14.3 Å². The molecule has 0 aromatic heterocycles. The van der Waals surface area contributed by atoms with Crippen molar-refractivity contribution in [2.75, 3.05) is 18.5 Å². The molecule has 0 saturated heterocycles. The van der Waals surface area contributed by atoms with E-state index < -0.39 is 30.3 Å². The Balaban J connectivity index is 1.48. The lowest BCUT2D eigenvalue weighted by Crippen LogP contribution is -2.32. The Bertz CT molecular complexity index is 1020. The predicted molar refractivity (Wildman–Crippen MR) is 110 cm³/mol. The van der Waals surface area contributed by atoms with Crippen molar-refractivity contribution >= 4 is 45.3 Å². The van der Waals surface area contributed by atoms with Crippen molar-refractivity contribution in [3.63, 3.8) is 0 Å². The number of hydrogen-bond acceptors (Lipinski definition) is 5. The van der Waals surface area contributed by atoms with E-state index >= 15 is 0 Å². The topological polar surface area (TPSA) is 92.8 Å². The molecule has 0 saturated carbocycles. The van der Waals surface area contributed by atoms with Crippen molar-refractivity contribution in [3.8, 4) is 0 Å². The third-order valence-corrected chi connectivity index (χ3v) is 5.08. The zero-order valence-electron chi connectivity index (χ0n) is 16.0. The van der Waals surface area contributed by atoms with Gasteiger partial charge in [-0.25, -0.2) is 0 Å².